The number of rotatable bonds is 44. The van der Waals surface area contributed by atoms with Crippen LogP contribution >= 0.6 is 0 Å². The van der Waals surface area contributed by atoms with Crippen molar-refractivity contribution in [1.82, 2.24) is 0 Å². The molecule has 0 aliphatic carbocycles. The van der Waals surface area contributed by atoms with Crippen LogP contribution in [-0.2, 0) is 28.6 Å². The maximum absolute atomic E-state index is 12.7. The predicted octanol–water partition coefficient (Wildman–Crippen LogP) is 16.1. The van der Waals surface area contributed by atoms with Crippen molar-refractivity contribution >= 4 is 17.9 Å². The molecule has 6 nitrogen and oxygen atoms in total. The lowest BCUT2D eigenvalue weighted by Gasteiger charge is -2.18. The molecule has 6 heteroatoms. The monoisotopic (exact) mass is 825 g/mol. The van der Waals surface area contributed by atoms with Crippen molar-refractivity contribution in [3.63, 3.8) is 0 Å². The third kappa shape index (κ3) is 46.0. The third-order valence-electron chi connectivity index (χ3n) is 10.6. The van der Waals surface area contributed by atoms with Crippen molar-refractivity contribution < 1.29 is 28.6 Å². The van der Waals surface area contributed by atoms with Crippen LogP contribution in [0.4, 0.5) is 0 Å². The van der Waals surface area contributed by atoms with Gasteiger partial charge in [0.15, 0.2) is 6.10 Å². The van der Waals surface area contributed by atoms with Gasteiger partial charge in [0, 0.05) is 19.3 Å². The van der Waals surface area contributed by atoms with E-state index >= 15 is 0 Å². The van der Waals surface area contributed by atoms with Gasteiger partial charge in [-0.3, -0.25) is 14.4 Å². The maximum Gasteiger partial charge on any atom is 0.306 e. The lowest BCUT2D eigenvalue weighted by molar-refractivity contribution is -0.167. The first-order chi connectivity index (χ1) is 29.0. The van der Waals surface area contributed by atoms with Crippen molar-refractivity contribution in [2.45, 2.75) is 245 Å². The van der Waals surface area contributed by atoms with Gasteiger partial charge in [-0.2, -0.15) is 0 Å². The minimum atomic E-state index is -0.791. The molecule has 0 N–H and O–H groups in total. The Morgan fingerprint density at radius 3 is 1.12 bits per heavy atom. The zero-order valence-electron chi connectivity index (χ0n) is 38.8. The topological polar surface area (TPSA) is 78.9 Å². The Bertz CT molecular complexity index is 1090. The van der Waals surface area contributed by atoms with Crippen molar-refractivity contribution in [1.29, 1.82) is 0 Å². The maximum atomic E-state index is 12.7. The van der Waals surface area contributed by atoms with Crippen LogP contribution in [0.1, 0.15) is 239 Å². The molecule has 0 aromatic heterocycles. The standard InChI is InChI=1S/C53H92O6/c1-4-7-10-13-16-19-21-23-25-26-27-28-30-31-34-37-40-43-46-52(55)58-49-50(48-57-51(54)45-42-39-36-33-18-15-12-9-6-3)59-53(56)47-44-41-38-35-32-29-24-22-20-17-14-11-8-5-2/h16,19,21,23,25-28,33,36,50H,4-15,17-18,20,22,24,29-32,34-35,37-49H2,1-3H3/b19-16-,23-21-,26-25-,28-27-,36-33-. The number of hydrogen-bond acceptors (Lipinski definition) is 6. The van der Waals surface area contributed by atoms with E-state index in [1.54, 1.807) is 0 Å². The first kappa shape index (κ1) is 56.1. The Labute approximate surface area is 364 Å². The largest absolute Gasteiger partial charge is 0.462 e. The Morgan fingerprint density at radius 1 is 0.339 bits per heavy atom. The second-order valence-corrected chi connectivity index (χ2v) is 16.5. The molecule has 1 unspecified atom stereocenters. The SMILES string of the molecule is CCCCC\C=C/C=C\C=C/C=C\CCCCCCCC(=O)OCC(COC(=O)CCC/C=C\CCCCCC)OC(=O)CCCCCCCCCCCCCCCC. The van der Waals surface area contributed by atoms with Crippen LogP contribution in [0, 0.1) is 0 Å². The van der Waals surface area contributed by atoms with E-state index in [1.807, 2.05) is 0 Å². The van der Waals surface area contributed by atoms with Crippen molar-refractivity contribution in [3.05, 3.63) is 60.8 Å². The number of allylic oxidation sites excluding steroid dienone is 10. The zero-order valence-corrected chi connectivity index (χ0v) is 38.8. The van der Waals surface area contributed by atoms with E-state index < -0.39 is 6.10 Å². The molecule has 0 saturated carbocycles. The molecule has 59 heavy (non-hydrogen) atoms. The van der Waals surface area contributed by atoms with Gasteiger partial charge in [-0.1, -0.05) is 216 Å². The molecule has 0 rings (SSSR count). The van der Waals surface area contributed by atoms with E-state index in [-0.39, 0.29) is 31.1 Å². The molecule has 0 aliphatic rings. The predicted molar refractivity (Wildman–Crippen MR) is 251 cm³/mol. The summed E-state index contributed by atoms with van der Waals surface area (Å²) in [6.45, 7) is 6.52. The van der Waals surface area contributed by atoms with E-state index in [0.29, 0.717) is 25.7 Å². The van der Waals surface area contributed by atoms with Crippen LogP contribution in [0.5, 0.6) is 0 Å². The quantitative estimate of drug-likeness (QED) is 0.0200. The van der Waals surface area contributed by atoms with Crippen molar-refractivity contribution in [2.24, 2.45) is 0 Å². The molecular formula is C53H92O6. The minimum absolute atomic E-state index is 0.0936. The van der Waals surface area contributed by atoms with Gasteiger partial charge in [0.05, 0.1) is 0 Å². The van der Waals surface area contributed by atoms with E-state index in [1.165, 1.54) is 116 Å². The Morgan fingerprint density at radius 2 is 0.644 bits per heavy atom. The van der Waals surface area contributed by atoms with Crippen molar-refractivity contribution in [2.75, 3.05) is 13.2 Å². The van der Waals surface area contributed by atoms with Crippen LogP contribution in [-0.4, -0.2) is 37.2 Å². The molecule has 0 bridgehead atoms. The number of carbonyl (C=O) groups is 3. The highest BCUT2D eigenvalue weighted by Crippen LogP contribution is 2.15. The van der Waals surface area contributed by atoms with Crippen LogP contribution < -0.4 is 0 Å². The molecule has 0 aromatic carbocycles. The van der Waals surface area contributed by atoms with Gasteiger partial charge in [-0.25, -0.2) is 0 Å². The highest BCUT2D eigenvalue weighted by molar-refractivity contribution is 5.71. The summed E-state index contributed by atoms with van der Waals surface area (Å²) < 4.78 is 16.7. The highest BCUT2D eigenvalue weighted by atomic mass is 16.6. The normalized spacial score (nSPS) is 12.5. The van der Waals surface area contributed by atoms with Gasteiger partial charge < -0.3 is 14.2 Å². The van der Waals surface area contributed by atoms with E-state index in [0.717, 1.165) is 77.0 Å². The lowest BCUT2D eigenvalue weighted by atomic mass is 10.0. The number of carbonyl (C=O) groups excluding carboxylic acids is 3. The first-order valence-electron chi connectivity index (χ1n) is 24.8. The van der Waals surface area contributed by atoms with E-state index in [2.05, 4.69) is 81.5 Å². The number of unbranched alkanes of at least 4 members (excludes halogenated alkanes) is 26. The summed E-state index contributed by atoms with van der Waals surface area (Å²) in [5, 5.41) is 0. The van der Waals surface area contributed by atoms with Gasteiger partial charge in [0.25, 0.3) is 0 Å². The average Bonchev–Trinajstić information content (AvgIpc) is 3.23. The molecule has 0 heterocycles. The lowest BCUT2D eigenvalue weighted by Crippen LogP contribution is -2.30. The molecule has 0 spiro atoms. The number of esters is 3. The summed E-state index contributed by atoms with van der Waals surface area (Å²) >= 11 is 0. The number of ether oxygens (including phenoxy) is 3. The summed E-state index contributed by atoms with van der Waals surface area (Å²) in [6, 6.07) is 0. The molecule has 0 fully saturated rings. The third-order valence-corrected chi connectivity index (χ3v) is 10.6. The van der Waals surface area contributed by atoms with Gasteiger partial charge in [0.2, 0.25) is 0 Å². The van der Waals surface area contributed by atoms with Crippen LogP contribution in [0.2, 0.25) is 0 Å². The molecular weight excluding hydrogens is 733 g/mol. The van der Waals surface area contributed by atoms with Crippen LogP contribution in [0.25, 0.3) is 0 Å². The molecule has 340 valence electrons. The van der Waals surface area contributed by atoms with Crippen LogP contribution in [0.3, 0.4) is 0 Å². The van der Waals surface area contributed by atoms with E-state index in [4.69, 9.17) is 14.2 Å². The summed E-state index contributed by atoms with van der Waals surface area (Å²) in [5.41, 5.74) is 0. The molecule has 0 amide bonds. The fourth-order valence-corrected chi connectivity index (χ4v) is 6.81. The summed E-state index contributed by atoms with van der Waals surface area (Å²) in [7, 11) is 0. The Kier molecular flexibility index (Phi) is 45.4. The Balaban J connectivity index is 4.39. The highest BCUT2D eigenvalue weighted by Gasteiger charge is 2.19. The summed E-state index contributed by atoms with van der Waals surface area (Å²) in [4.78, 5) is 37.8. The smallest absolute Gasteiger partial charge is 0.306 e. The molecule has 0 saturated heterocycles. The van der Waals surface area contributed by atoms with Gasteiger partial charge in [0.1, 0.15) is 13.2 Å². The second kappa shape index (κ2) is 47.8. The molecule has 1 atom stereocenters. The van der Waals surface area contributed by atoms with Crippen LogP contribution in [0.15, 0.2) is 60.8 Å². The molecule has 0 aliphatic heterocycles. The fraction of sp³-hybridized carbons (Fsp3) is 0.755. The number of hydrogen-bond donors (Lipinski definition) is 0. The average molecular weight is 825 g/mol. The molecule has 0 aromatic rings. The summed E-state index contributed by atoms with van der Waals surface area (Å²) in [5.74, 6) is -0.948. The van der Waals surface area contributed by atoms with Gasteiger partial charge in [-0.15, -0.1) is 0 Å². The molecule has 0 radical (unpaired) electrons. The van der Waals surface area contributed by atoms with E-state index in [9.17, 15) is 14.4 Å². The zero-order chi connectivity index (χ0) is 43.0. The van der Waals surface area contributed by atoms with Crippen molar-refractivity contribution in [3.8, 4) is 0 Å². The first-order valence-corrected chi connectivity index (χ1v) is 24.8. The Hall–Kier alpha value is -2.89. The van der Waals surface area contributed by atoms with Gasteiger partial charge >= 0.3 is 17.9 Å². The second-order valence-electron chi connectivity index (χ2n) is 16.5. The van der Waals surface area contributed by atoms with Gasteiger partial charge in [-0.05, 0) is 64.2 Å². The fourth-order valence-electron chi connectivity index (χ4n) is 6.81. The summed E-state index contributed by atoms with van der Waals surface area (Å²) in [6.07, 6.45) is 57.8. The minimum Gasteiger partial charge on any atom is -0.462 e.